The molecule has 3 nitrogen and oxygen atoms in total. The first-order valence-corrected chi connectivity index (χ1v) is 7.30. The van der Waals surface area contributed by atoms with Crippen LogP contribution in [-0.2, 0) is 19.4 Å². The Morgan fingerprint density at radius 1 is 1.33 bits per heavy atom. The summed E-state index contributed by atoms with van der Waals surface area (Å²) in [5.74, 6) is -1.26. The molecule has 2 N–H and O–H groups in total. The monoisotopic (exact) mass is 313 g/mol. The lowest BCUT2D eigenvalue weighted by Gasteiger charge is -2.14. The van der Waals surface area contributed by atoms with Crippen LogP contribution in [0, 0.1) is 11.6 Å². The van der Waals surface area contributed by atoms with Crippen molar-refractivity contribution in [1.29, 1.82) is 0 Å². The Morgan fingerprint density at radius 3 is 2.62 bits per heavy atom. The minimum absolute atomic E-state index is 0.273. The Kier molecular flexibility index (Phi) is 4.96. The Labute approximate surface area is 127 Å². The van der Waals surface area contributed by atoms with Crippen molar-refractivity contribution in [2.75, 3.05) is 0 Å². The molecule has 1 aromatic heterocycles. The molecule has 0 bridgehead atoms. The first-order chi connectivity index (χ1) is 9.97. The molecule has 0 saturated carbocycles. The number of aromatic nitrogens is 2. The van der Waals surface area contributed by atoms with Gasteiger partial charge in [0.1, 0.15) is 11.6 Å². The maximum Gasteiger partial charge on any atom is 0.130 e. The van der Waals surface area contributed by atoms with Crippen LogP contribution in [0.25, 0.3) is 0 Å². The smallest absolute Gasteiger partial charge is 0.130 e. The van der Waals surface area contributed by atoms with E-state index in [-0.39, 0.29) is 5.56 Å². The first kappa shape index (κ1) is 15.9. The summed E-state index contributed by atoms with van der Waals surface area (Å²) in [6.07, 6.45) is 1.07. The van der Waals surface area contributed by atoms with Crippen LogP contribution >= 0.6 is 11.6 Å². The third-order valence-corrected chi connectivity index (χ3v) is 3.91. The number of nitrogens with zero attached hydrogens (tertiary/aromatic N) is 2. The Hall–Kier alpha value is -1.46. The summed E-state index contributed by atoms with van der Waals surface area (Å²) < 4.78 is 28.5. The minimum atomic E-state index is -0.642. The molecule has 1 unspecified atom stereocenters. The maximum atomic E-state index is 13.8. The van der Waals surface area contributed by atoms with Crippen molar-refractivity contribution in [2.24, 2.45) is 5.73 Å². The first-order valence-electron chi connectivity index (χ1n) is 6.92. The number of hydrogen-bond donors (Lipinski definition) is 1. The van der Waals surface area contributed by atoms with Crippen LogP contribution in [0.5, 0.6) is 0 Å². The van der Waals surface area contributed by atoms with E-state index >= 15 is 0 Å². The van der Waals surface area contributed by atoms with E-state index in [1.807, 2.05) is 13.8 Å². The zero-order chi connectivity index (χ0) is 15.6. The van der Waals surface area contributed by atoms with Crippen molar-refractivity contribution < 1.29 is 8.78 Å². The van der Waals surface area contributed by atoms with Gasteiger partial charge in [0.25, 0.3) is 0 Å². The van der Waals surface area contributed by atoms with Crippen molar-refractivity contribution in [2.45, 2.75) is 39.3 Å². The molecule has 0 radical (unpaired) electrons. The molecule has 0 aliphatic heterocycles. The van der Waals surface area contributed by atoms with E-state index in [2.05, 4.69) is 5.10 Å². The number of hydrogen-bond acceptors (Lipinski definition) is 2. The van der Waals surface area contributed by atoms with Gasteiger partial charge in [-0.1, -0.05) is 24.6 Å². The van der Waals surface area contributed by atoms with Crippen LogP contribution in [0.4, 0.5) is 8.78 Å². The van der Waals surface area contributed by atoms with Gasteiger partial charge in [0, 0.05) is 30.6 Å². The molecule has 21 heavy (non-hydrogen) atoms. The maximum absolute atomic E-state index is 13.8. The average Bonchev–Trinajstić information content (AvgIpc) is 2.75. The van der Waals surface area contributed by atoms with E-state index in [4.69, 9.17) is 17.3 Å². The predicted molar refractivity (Wildman–Crippen MR) is 79.3 cm³/mol. The number of nitrogens with two attached hydrogens (primary N) is 1. The molecular weight excluding hydrogens is 296 g/mol. The van der Waals surface area contributed by atoms with Gasteiger partial charge in [-0.25, -0.2) is 8.78 Å². The lowest BCUT2D eigenvalue weighted by atomic mass is 10.0. The van der Waals surface area contributed by atoms with Crippen LogP contribution < -0.4 is 5.73 Å². The van der Waals surface area contributed by atoms with E-state index in [0.717, 1.165) is 23.9 Å². The fraction of sp³-hybridized carbons (Fsp3) is 0.400. The molecule has 0 saturated heterocycles. The number of benzene rings is 1. The summed E-state index contributed by atoms with van der Waals surface area (Å²) >= 11 is 6.31. The highest BCUT2D eigenvalue weighted by Gasteiger charge is 2.19. The van der Waals surface area contributed by atoms with Gasteiger partial charge in [-0.05, 0) is 19.4 Å². The standard InChI is InChI=1S/C15H18ClF2N3/c1-3-13-15(16)14(21(4-2)20-13)8-12(19)10-6-5-9(17)7-11(10)18/h5-7,12H,3-4,8,19H2,1-2H3. The summed E-state index contributed by atoms with van der Waals surface area (Å²) in [7, 11) is 0. The summed E-state index contributed by atoms with van der Waals surface area (Å²) in [4.78, 5) is 0. The third kappa shape index (κ3) is 3.24. The van der Waals surface area contributed by atoms with E-state index in [0.29, 0.717) is 18.0 Å². The second-order valence-electron chi connectivity index (χ2n) is 4.85. The van der Waals surface area contributed by atoms with Crippen LogP contribution in [0.2, 0.25) is 5.02 Å². The van der Waals surface area contributed by atoms with Crippen LogP contribution in [0.1, 0.15) is 36.8 Å². The minimum Gasteiger partial charge on any atom is -0.324 e. The normalized spacial score (nSPS) is 12.7. The van der Waals surface area contributed by atoms with E-state index in [9.17, 15) is 8.78 Å². The second kappa shape index (κ2) is 6.54. The summed E-state index contributed by atoms with van der Waals surface area (Å²) in [5.41, 5.74) is 7.92. The predicted octanol–water partition coefficient (Wildman–Crippen LogP) is 3.64. The summed E-state index contributed by atoms with van der Waals surface area (Å²) in [6, 6.07) is 2.81. The largest absolute Gasteiger partial charge is 0.324 e. The molecule has 1 aromatic carbocycles. The highest BCUT2D eigenvalue weighted by atomic mass is 35.5. The molecule has 1 heterocycles. The van der Waals surface area contributed by atoms with Gasteiger partial charge in [0.05, 0.1) is 16.4 Å². The molecule has 0 amide bonds. The van der Waals surface area contributed by atoms with Gasteiger partial charge in [-0.15, -0.1) is 0 Å². The third-order valence-electron chi connectivity index (χ3n) is 3.47. The molecule has 114 valence electrons. The van der Waals surface area contributed by atoms with Gasteiger partial charge in [0.15, 0.2) is 0 Å². The second-order valence-corrected chi connectivity index (χ2v) is 5.23. The molecule has 0 aliphatic carbocycles. The highest BCUT2D eigenvalue weighted by molar-refractivity contribution is 6.31. The van der Waals surface area contributed by atoms with Crippen molar-refractivity contribution in [3.8, 4) is 0 Å². The fourth-order valence-electron chi connectivity index (χ4n) is 2.33. The van der Waals surface area contributed by atoms with Gasteiger partial charge < -0.3 is 5.73 Å². The van der Waals surface area contributed by atoms with Crippen molar-refractivity contribution in [3.63, 3.8) is 0 Å². The molecule has 0 aliphatic rings. The van der Waals surface area contributed by atoms with E-state index in [1.54, 1.807) is 4.68 Å². The number of aryl methyl sites for hydroxylation is 2. The Balaban J connectivity index is 2.31. The summed E-state index contributed by atoms with van der Waals surface area (Å²) in [6.45, 7) is 4.58. The van der Waals surface area contributed by atoms with Gasteiger partial charge in [-0.3, -0.25) is 4.68 Å². The Bertz CT molecular complexity index is 640. The van der Waals surface area contributed by atoms with Crippen LogP contribution in [0.15, 0.2) is 18.2 Å². The molecule has 6 heteroatoms. The Morgan fingerprint density at radius 2 is 2.05 bits per heavy atom. The molecule has 2 aromatic rings. The lowest BCUT2D eigenvalue weighted by Crippen LogP contribution is -2.17. The van der Waals surface area contributed by atoms with Crippen molar-refractivity contribution in [1.82, 2.24) is 9.78 Å². The molecular formula is C15H18ClF2N3. The molecule has 0 spiro atoms. The summed E-state index contributed by atoms with van der Waals surface area (Å²) in [5, 5.41) is 4.99. The molecule has 0 fully saturated rings. The molecule has 2 rings (SSSR count). The fourth-order valence-corrected chi connectivity index (χ4v) is 2.68. The average molecular weight is 314 g/mol. The lowest BCUT2D eigenvalue weighted by molar-refractivity contribution is 0.541. The number of rotatable bonds is 5. The van der Waals surface area contributed by atoms with Gasteiger partial charge in [0.2, 0.25) is 0 Å². The van der Waals surface area contributed by atoms with Gasteiger partial charge in [-0.2, -0.15) is 5.10 Å². The van der Waals surface area contributed by atoms with E-state index in [1.165, 1.54) is 12.1 Å². The molecule has 1 atom stereocenters. The van der Waals surface area contributed by atoms with Gasteiger partial charge >= 0.3 is 0 Å². The zero-order valence-electron chi connectivity index (χ0n) is 12.0. The quantitative estimate of drug-likeness (QED) is 0.916. The zero-order valence-corrected chi connectivity index (χ0v) is 12.8. The highest BCUT2D eigenvalue weighted by Crippen LogP contribution is 2.27. The van der Waals surface area contributed by atoms with Crippen molar-refractivity contribution in [3.05, 3.63) is 51.8 Å². The van der Waals surface area contributed by atoms with E-state index < -0.39 is 17.7 Å². The number of halogens is 3. The van der Waals surface area contributed by atoms with Crippen LogP contribution in [-0.4, -0.2) is 9.78 Å². The topological polar surface area (TPSA) is 43.8 Å². The SMILES string of the molecule is CCc1nn(CC)c(CC(N)c2ccc(F)cc2F)c1Cl. The van der Waals surface area contributed by atoms with Crippen molar-refractivity contribution >= 4 is 11.6 Å². The van der Waals surface area contributed by atoms with Crippen LogP contribution in [0.3, 0.4) is 0 Å².